The van der Waals surface area contributed by atoms with Crippen LogP contribution in [0.1, 0.15) is 12.6 Å². The topological polar surface area (TPSA) is 111 Å². The third kappa shape index (κ3) is 5.86. The number of rotatable bonds is 3. The summed E-state index contributed by atoms with van der Waals surface area (Å²) in [6, 6.07) is 12.7. The van der Waals surface area contributed by atoms with Crippen molar-refractivity contribution >= 4 is 57.5 Å². The molecule has 0 aliphatic heterocycles. The second-order valence-electron chi connectivity index (χ2n) is 6.48. The Morgan fingerprint density at radius 2 is 1.81 bits per heavy atom. The lowest BCUT2D eigenvalue weighted by Gasteiger charge is -2.06. The maximum Gasteiger partial charge on any atom is 0.0900 e. The van der Waals surface area contributed by atoms with E-state index in [2.05, 4.69) is 15.0 Å². The first-order valence-electron chi connectivity index (χ1n) is 9.04. The van der Waals surface area contributed by atoms with Gasteiger partial charge in [0.25, 0.3) is 0 Å². The molecule has 4 aromatic rings. The molecule has 0 saturated heterocycles. The maximum atomic E-state index is 8.62. The number of hydrogen-bond acceptors (Lipinski definition) is 7. The molecule has 9 heteroatoms. The molecular formula is C22H19Cl2N5OS. The Bertz CT molecular complexity index is 1250. The molecule has 0 aliphatic rings. The number of allylic oxidation sites excluding steroid dienone is 1. The van der Waals surface area contributed by atoms with E-state index >= 15 is 0 Å². The summed E-state index contributed by atoms with van der Waals surface area (Å²) in [5, 5.41) is 1.08. The smallest absolute Gasteiger partial charge is 0.0900 e. The van der Waals surface area contributed by atoms with E-state index < -0.39 is 0 Å². The number of pyridine rings is 1. The van der Waals surface area contributed by atoms with Gasteiger partial charge in [-0.05, 0) is 60.7 Å². The number of fused-ring (bicyclic) bond motifs is 1. The zero-order valence-corrected chi connectivity index (χ0v) is 18.8. The van der Waals surface area contributed by atoms with Crippen LogP contribution in [0, 0.1) is 0 Å². The van der Waals surface area contributed by atoms with E-state index in [-0.39, 0.29) is 0 Å². The molecule has 0 spiro atoms. The molecule has 0 saturated carbocycles. The van der Waals surface area contributed by atoms with Crippen molar-refractivity contribution in [2.75, 3.05) is 5.73 Å². The summed E-state index contributed by atoms with van der Waals surface area (Å²) in [6.45, 7) is 1.90. The SMILES string of the molecule is C/C(=C\N)c1cnc2ccc(-c3cncc(N)c3)cc2n1.OSc1cc(Cl)ccc1Cl. The molecule has 2 heterocycles. The zero-order valence-electron chi connectivity index (χ0n) is 16.5. The van der Waals surface area contributed by atoms with Gasteiger partial charge in [0, 0.05) is 35.0 Å². The standard InChI is InChI=1S/C16H15N5.C6H4Cl2OS/c1-10(6-17)16-9-20-14-3-2-11(5-15(14)21-16)12-4-13(18)8-19-7-12;7-4-1-2-5(8)6(3-4)10-9/h2-9H,17-18H2,1H3;1-3,9H/b10-6+;. The van der Waals surface area contributed by atoms with E-state index in [0.29, 0.717) is 32.7 Å². The molecule has 0 radical (unpaired) electrons. The van der Waals surface area contributed by atoms with Gasteiger partial charge in [-0.3, -0.25) is 9.97 Å². The van der Waals surface area contributed by atoms with Crippen molar-refractivity contribution in [1.82, 2.24) is 15.0 Å². The third-order valence-electron chi connectivity index (χ3n) is 4.28. The molecule has 4 rings (SSSR count). The summed E-state index contributed by atoms with van der Waals surface area (Å²) in [5.74, 6) is 0. The van der Waals surface area contributed by atoms with Crippen LogP contribution in [0.15, 0.2) is 72.2 Å². The van der Waals surface area contributed by atoms with Gasteiger partial charge in [-0.15, -0.1) is 0 Å². The van der Waals surface area contributed by atoms with Crippen LogP contribution in [0.25, 0.3) is 27.7 Å². The summed E-state index contributed by atoms with van der Waals surface area (Å²) in [6.07, 6.45) is 6.65. The fourth-order valence-corrected chi connectivity index (χ4v) is 3.42. The Balaban J connectivity index is 0.000000229. The van der Waals surface area contributed by atoms with Crippen LogP contribution in [0.2, 0.25) is 10.0 Å². The fraction of sp³-hybridized carbons (Fsp3) is 0.0455. The van der Waals surface area contributed by atoms with E-state index in [0.717, 1.165) is 33.4 Å². The number of benzene rings is 2. The summed E-state index contributed by atoms with van der Waals surface area (Å²) in [4.78, 5) is 13.7. The molecule has 5 N–H and O–H groups in total. The molecule has 0 amide bonds. The summed E-state index contributed by atoms with van der Waals surface area (Å²) in [5.41, 5.74) is 17.2. The fourth-order valence-electron chi connectivity index (χ4n) is 2.63. The van der Waals surface area contributed by atoms with Crippen LogP contribution >= 0.6 is 35.2 Å². The van der Waals surface area contributed by atoms with Crippen molar-refractivity contribution in [3.8, 4) is 11.1 Å². The molecule has 158 valence electrons. The molecule has 0 bridgehead atoms. The first-order valence-corrected chi connectivity index (χ1v) is 10.6. The minimum Gasteiger partial charge on any atom is -0.404 e. The largest absolute Gasteiger partial charge is 0.404 e. The average Bonchev–Trinajstić information content (AvgIpc) is 2.79. The molecule has 6 nitrogen and oxygen atoms in total. The van der Waals surface area contributed by atoms with Crippen molar-refractivity contribution in [3.05, 3.63) is 83.0 Å². The Morgan fingerprint density at radius 1 is 1.00 bits per heavy atom. The lowest BCUT2D eigenvalue weighted by atomic mass is 10.1. The van der Waals surface area contributed by atoms with Crippen molar-refractivity contribution in [1.29, 1.82) is 0 Å². The van der Waals surface area contributed by atoms with Crippen molar-refractivity contribution in [2.24, 2.45) is 5.73 Å². The number of aromatic nitrogens is 3. The van der Waals surface area contributed by atoms with Crippen molar-refractivity contribution in [2.45, 2.75) is 11.8 Å². The monoisotopic (exact) mass is 471 g/mol. The summed E-state index contributed by atoms with van der Waals surface area (Å²) >= 11 is 11.9. The number of halogens is 2. The van der Waals surface area contributed by atoms with Gasteiger partial charge in [-0.1, -0.05) is 29.3 Å². The van der Waals surface area contributed by atoms with Crippen LogP contribution in [-0.2, 0) is 0 Å². The Hall–Kier alpha value is -2.84. The maximum absolute atomic E-state index is 8.62. The van der Waals surface area contributed by atoms with Crippen molar-refractivity contribution < 1.29 is 4.55 Å². The predicted molar refractivity (Wildman–Crippen MR) is 130 cm³/mol. The average molecular weight is 472 g/mol. The quantitative estimate of drug-likeness (QED) is 0.307. The highest BCUT2D eigenvalue weighted by Crippen LogP contribution is 2.27. The second kappa shape index (κ2) is 10.5. The van der Waals surface area contributed by atoms with Gasteiger partial charge in [0.2, 0.25) is 0 Å². The Morgan fingerprint density at radius 3 is 2.48 bits per heavy atom. The molecule has 0 fully saturated rings. The van der Waals surface area contributed by atoms with E-state index in [4.69, 9.17) is 39.2 Å². The first-order chi connectivity index (χ1) is 14.9. The molecule has 0 atom stereocenters. The Kier molecular flexibility index (Phi) is 7.70. The lowest BCUT2D eigenvalue weighted by molar-refractivity contribution is 0.664. The van der Waals surface area contributed by atoms with Crippen LogP contribution in [0.5, 0.6) is 0 Å². The zero-order chi connectivity index (χ0) is 22.4. The second-order valence-corrected chi connectivity index (χ2v) is 7.95. The van der Waals surface area contributed by atoms with E-state index in [1.165, 1.54) is 6.20 Å². The minimum atomic E-state index is 0.511. The van der Waals surface area contributed by atoms with Gasteiger partial charge in [-0.2, -0.15) is 0 Å². The highest BCUT2D eigenvalue weighted by Gasteiger charge is 2.05. The van der Waals surface area contributed by atoms with Crippen LogP contribution in [0.4, 0.5) is 5.69 Å². The van der Waals surface area contributed by atoms with Gasteiger partial charge >= 0.3 is 0 Å². The molecule has 0 unspecified atom stereocenters. The van der Waals surface area contributed by atoms with E-state index in [9.17, 15) is 0 Å². The van der Waals surface area contributed by atoms with Crippen molar-refractivity contribution in [3.63, 3.8) is 0 Å². The lowest BCUT2D eigenvalue weighted by Crippen LogP contribution is -1.93. The molecule has 2 aromatic carbocycles. The minimum absolute atomic E-state index is 0.511. The normalized spacial score (nSPS) is 11.2. The van der Waals surface area contributed by atoms with Crippen LogP contribution in [-0.4, -0.2) is 19.5 Å². The number of nitrogens with two attached hydrogens (primary N) is 2. The Labute approximate surface area is 194 Å². The van der Waals surface area contributed by atoms with E-state index in [1.807, 2.05) is 31.2 Å². The first kappa shape index (κ1) is 22.8. The number of anilines is 1. The van der Waals surface area contributed by atoms with Gasteiger partial charge in [0.05, 0.1) is 38.5 Å². The van der Waals surface area contributed by atoms with Gasteiger partial charge in [0.15, 0.2) is 0 Å². The summed E-state index contributed by atoms with van der Waals surface area (Å²) in [7, 11) is 0. The van der Waals surface area contributed by atoms with Gasteiger partial charge < -0.3 is 16.0 Å². The highest BCUT2D eigenvalue weighted by atomic mass is 35.5. The van der Waals surface area contributed by atoms with Crippen LogP contribution in [0.3, 0.4) is 0 Å². The molecule has 31 heavy (non-hydrogen) atoms. The number of nitrogens with zero attached hydrogens (tertiary/aromatic N) is 3. The van der Waals surface area contributed by atoms with Gasteiger partial charge in [-0.25, -0.2) is 4.98 Å². The van der Waals surface area contributed by atoms with Gasteiger partial charge in [0.1, 0.15) is 0 Å². The third-order valence-corrected chi connectivity index (χ3v) is 5.49. The van der Waals surface area contributed by atoms with E-state index in [1.54, 1.807) is 36.8 Å². The molecule has 2 aromatic heterocycles. The molecule has 0 aliphatic carbocycles. The number of nitrogen functional groups attached to an aromatic ring is 1. The molecular weight excluding hydrogens is 453 g/mol. The number of hydrogen-bond donors (Lipinski definition) is 3. The summed E-state index contributed by atoms with van der Waals surface area (Å²) < 4.78 is 8.62. The van der Waals surface area contributed by atoms with Crippen LogP contribution < -0.4 is 11.5 Å². The highest BCUT2D eigenvalue weighted by molar-refractivity contribution is 7.93. The predicted octanol–water partition coefficient (Wildman–Crippen LogP) is 6.15.